The number of β-amino-alcohol motifs (C(OH)–C–C–N with tert-alkyl or cyclic N) is 1. The lowest BCUT2D eigenvalue weighted by atomic mass is 9.99. The molecule has 234 valence electrons. The summed E-state index contributed by atoms with van der Waals surface area (Å²) in [6, 6.07) is 13.6. The van der Waals surface area contributed by atoms with Crippen molar-refractivity contribution in [3.63, 3.8) is 0 Å². The number of aliphatic hydroxyl groups excluding tert-OH is 1. The summed E-state index contributed by atoms with van der Waals surface area (Å²) in [4.78, 5) is 30.8. The van der Waals surface area contributed by atoms with Gasteiger partial charge in [0.1, 0.15) is 30.2 Å². The second kappa shape index (κ2) is 12.8. The number of aromatic nitrogens is 3. The Hall–Kier alpha value is -4.52. The normalized spacial score (nSPS) is 19.7. The van der Waals surface area contributed by atoms with Gasteiger partial charge < -0.3 is 34.5 Å². The summed E-state index contributed by atoms with van der Waals surface area (Å²) in [7, 11) is 0. The molecule has 2 fully saturated rings. The number of hydrogen-bond donors (Lipinski definition) is 3. The molecule has 2 saturated heterocycles. The van der Waals surface area contributed by atoms with Crippen LogP contribution < -0.4 is 20.3 Å². The molecule has 1 amide bonds. The molecule has 3 atom stereocenters. The van der Waals surface area contributed by atoms with Gasteiger partial charge in [0.2, 0.25) is 0 Å². The van der Waals surface area contributed by atoms with Gasteiger partial charge in [0, 0.05) is 37.9 Å². The third-order valence-electron chi connectivity index (χ3n) is 8.66. The molecule has 3 N–H and O–H groups in total. The van der Waals surface area contributed by atoms with Crippen LogP contribution in [0.1, 0.15) is 45.8 Å². The molecule has 12 heteroatoms. The van der Waals surface area contributed by atoms with Crippen LogP contribution in [0, 0.1) is 6.92 Å². The molecule has 0 spiro atoms. The second-order valence-electron chi connectivity index (χ2n) is 11.8. The number of hydrogen-bond acceptors (Lipinski definition) is 11. The maximum Gasteiger partial charge on any atom is 0.251 e. The fraction of sp³-hybridized carbons (Fsp3) is 0.394. The zero-order chi connectivity index (χ0) is 30.8. The Morgan fingerprint density at radius 1 is 1.20 bits per heavy atom. The van der Waals surface area contributed by atoms with E-state index in [0.29, 0.717) is 37.0 Å². The molecule has 0 radical (unpaired) electrons. The molecule has 7 rings (SSSR count). The van der Waals surface area contributed by atoms with E-state index >= 15 is 0 Å². The third-order valence-corrected chi connectivity index (χ3v) is 8.66. The van der Waals surface area contributed by atoms with Gasteiger partial charge in [-0.1, -0.05) is 6.07 Å². The molecule has 2 unspecified atom stereocenters. The average Bonchev–Trinajstić information content (AvgIpc) is 3.79. The van der Waals surface area contributed by atoms with Crippen molar-refractivity contribution in [2.24, 2.45) is 0 Å². The van der Waals surface area contributed by atoms with Gasteiger partial charge in [-0.2, -0.15) is 0 Å². The van der Waals surface area contributed by atoms with Crippen molar-refractivity contribution in [1.29, 1.82) is 0 Å². The molecule has 3 aliphatic rings. The Morgan fingerprint density at radius 3 is 2.89 bits per heavy atom. The van der Waals surface area contributed by atoms with Crippen LogP contribution in [-0.4, -0.2) is 75.5 Å². The number of carbonyl (C=O) groups excluding carboxylic acids is 1. The molecule has 6 heterocycles. The number of carbonyl (C=O) groups is 1. The number of rotatable bonds is 11. The molecule has 2 bridgehead atoms. The van der Waals surface area contributed by atoms with Gasteiger partial charge in [0.05, 0.1) is 36.3 Å². The lowest BCUT2D eigenvalue weighted by Gasteiger charge is -2.30. The van der Waals surface area contributed by atoms with Crippen LogP contribution in [0.5, 0.6) is 5.75 Å². The first-order chi connectivity index (χ1) is 22.0. The number of nitrogens with one attached hydrogen (secondary N) is 2. The number of ether oxygens (including phenoxy) is 2. The van der Waals surface area contributed by atoms with Crippen LogP contribution >= 0.6 is 0 Å². The van der Waals surface area contributed by atoms with Gasteiger partial charge in [-0.3, -0.25) is 14.7 Å². The third kappa shape index (κ3) is 6.63. The minimum Gasteiger partial charge on any atom is -0.486 e. The maximum atomic E-state index is 13.4. The van der Waals surface area contributed by atoms with E-state index in [1.165, 1.54) is 17.5 Å². The van der Waals surface area contributed by atoms with Crippen LogP contribution in [0.15, 0.2) is 65.7 Å². The molecule has 0 aliphatic carbocycles. The number of amides is 1. The quantitative estimate of drug-likeness (QED) is 0.230. The summed E-state index contributed by atoms with van der Waals surface area (Å²) in [5.74, 6) is 2.50. The van der Waals surface area contributed by atoms with Gasteiger partial charge in [0.25, 0.3) is 5.91 Å². The Morgan fingerprint density at radius 2 is 2.13 bits per heavy atom. The van der Waals surface area contributed by atoms with Crippen molar-refractivity contribution in [3.05, 3.63) is 89.4 Å². The number of nitrogens with zero attached hydrogens (tertiary/aromatic N) is 5. The Bertz CT molecular complexity index is 1630. The second-order valence-corrected chi connectivity index (χ2v) is 11.8. The smallest absolute Gasteiger partial charge is 0.251 e. The highest BCUT2D eigenvalue weighted by molar-refractivity contribution is 5.96. The van der Waals surface area contributed by atoms with Crippen LogP contribution in [-0.2, 0) is 24.3 Å². The minimum atomic E-state index is -0.722. The first-order valence-electron chi connectivity index (χ1n) is 15.4. The number of oxazole rings is 1. The molecule has 12 nitrogen and oxygen atoms in total. The van der Waals surface area contributed by atoms with Crippen molar-refractivity contribution >= 4 is 23.2 Å². The predicted molar refractivity (Wildman–Crippen MR) is 166 cm³/mol. The van der Waals surface area contributed by atoms with E-state index in [0.717, 1.165) is 55.2 Å². The maximum absolute atomic E-state index is 13.4. The summed E-state index contributed by atoms with van der Waals surface area (Å²) in [6.07, 6.45) is 6.93. The minimum absolute atomic E-state index is 0.0220. The zero-order valence-electron chi connectivity index (χ0n) is 25.2. The molecule has 3 aromatic heterocycles. The highest BCUT2D eigenvalue weighted by atomic mass is 16.5. The topological polar surface area (TPSA) is 138 Å². The molecular weight excluding hydrogens is 574 g/mol. The van der Waals surface area contributed by atoms with E-state index in [1.807, 2.05) is 31.2 Å². The summed E-state index contributed by atoms with van der Waals surface area (Å²) in [5, 5.41) is 17.1. The van der Waals surface area contributed by atoms with Gasteiger partial charge >= 0.3 is 0 Å². The SMILES string of the molecule is Cc1ncoc1COc1ccc2c(c1)CCN(C[C@@H](O)CNC(=O)c1cc(Nc3cccnc3)nc(N3C4CCC3OC4)c1)C2. The highest BCUT2D eigenvalue weighted by Gasteiger charge is 2.41. The molecule has 1 aromatic carbocycles. The van der Waals surface area contributed by atoms with Crippen LogP contribution in [0.4, 0.5) is 17.3 Å². The summed E-state index contributed by atoms with van der Waals surface area (Å²) >= 11 is 0. The highest BCUT2D eigenvalue weighted by Crippen LogP contribution is 2.36. The zero-order valence-corrected chi connectivity index (χ0v) is 25.2. The number of fused-ring (bicyclic) bond motifs is 3. The molecule has 4 aromatic rings. The lowest BCUT2D eigenvalue weighted by Crippen LogP contribution is -2.42. The Labute approximate surface area is 261 Å². The number of benzene rings is 1. The number of anilines is 3. The predicted octanol–water partition coefficient (Wildman–Crippen LogP) is 3.57. The molecule has 45 heavy (non-hydrogen) atoms. The number of aliphatic hydroxyl groups is 1. The Kier molecular flexibility index (Phi) is 8.33. The largest absolute Gasteiger partial charge is 0.486 e. The fourth-order valence-corrected chi connectivity index (χ4v) is 6.28. The van der Waals surface area contributed by atoms with Crippen LogP contribution in [0.2, 0.25) is 0 Å². The van der Waals surface area contributed by atoms with E-state index in [2.05, 4.69) is 42.5 Å². The van der Waals surface area contributed by atoms with E-state index in [1.54, 1.807) is 18.5 Å². The Balaban J connectivity index is 0.955. The summed E-state index contributed by atoms with van der Waals surface area (Å²) in [6.45, 7) is 5.01. The van der Waals surface area contributed by atoms with Gasteiger partial charge in [-0.15, -0.1) is 0 Å². The first kappa shape index (κ1) is 29.2. The van der Waals surface area contributed by atoms with Crippen LogP contribution in [0.3, 0.4) is 0 Å². The standard InChI is InChI=1S/C33H37N7O5/c1-21-29(45-20-36-21)19-43-28-6-4-23-16-39(10-8-22(23)11-28)17-27(41)15-35-33(42)24-12-30(37-25-3-2-9-34-14-25)38-31(13-24)40-26-5-7-32(40)44-18-26/h2-4,6,9,11-14,20,26-27,32,41H,5,7-8,10,15-19H2,1H3,(H,35,42)(H,37,38)/t26?,27-,32?/m0/s1. The molecule has 0 saturated carbocycles. The summed E-state index contributed by atoms with van der Waals surface area (Å²) < 4.78 is 17.2. The number of pyridine rings is 2. The van der Waals surface area contributed by atoms with Crippen molar-refractivity contribution < 1.29 is 23.8 Å². The molecule has 3 aliphatic heterocycles. The average molecular weight is 612 g/mol. The van der Waals surface area contributed by atoms with E-state index in [9.17, 15) is 9.90 Å². The van der Waals surface area contributed by atoms with Crippen molar-refractivity contribution in [2.75, 3.05) is 36.5 Å². The first-order valence-corrected chi connectivity index (χ1v) is 15.4. The van der Waals surface area contributed by atoms with E-state index in [-0.39, 0.29) is 24.7 Å². The van der Waals surface area contributed by atoms with E-state index in [4.69, 9.17) is 18.9 Å². The van der Waals surface area contributed by atoms with Crippen molar-refractivity contribution in [3.8, 4) is 5.75 Å². The van der Waals surface area contributed by atoms with Crippen molar-refractivity contribution in [1.82, 2.24) is 25.2 Å². The van der Waals surface area contributed by atoms with Gasteiger partial charge in [-0.25, -0.2) is 9.97 Å². The van der Waals surface area contributed by atoms with Crippen molar-refractivity contribution in [2.45, 2.75) is 57.7 Å². The van der Waals surface area contributed by atoms with Crippen LogP contribution in [0.25, 0.3) is 0 Å². The monoisotopic (exact) mass is 611 g/mol. The number of aryl methyl sites for hydroxylation is 1. The van der Waals surface area contributed by atoms with Gasteiger partial charge in [-0.05, 0) is 73.7 Å². The lowest BCUT2D eigenvalue weighted by molar-refractivity contribution is 0.0840. The van der Waals surface area contributed by atoms with Gasteiger partial charge in [0.15, 0.2) is 12.2 Å². The molecular formula is C33H37N7O5. The fourth-order valence-electron chi connectivity index (χ4n) is 6.28. The van der Waals surface area contributed by atoms with E-state index < -0.39 is 6.10 Å². The summed E-state index contributed by atoms with van der Waals surface area (Å²) in [5.41, 5.74) is 4.52.